The van der Waals surface area contributed by atoms with Crippen LogP contribution in [0.2, 0.25) is 0 Å². The molecule has 0 atom stereocenters. The molecule has 0 spiro atoms. The van der Waals surface area contributed by atoms with Gasteiger partial charge in [-0.15, -0.1) is 0 Å². The average molecular weight is 201 g/mol. The number of hydrogen-bond donors (Lipinski definition) is 0. The topological polar surface area (TPSA) is 54.5 Å². The molecule has 1 aliphatic heterocycles. The van der Waals surface area contributed by atoms with Gasteiger partial charge in [-0.3, -0.25) is 14.5 Å². The highest BCUT2D eigenvalue weighted by molar-refractivity contribution is 6.21. The number of rotatable bonds is 2. The summed E-state index contributed by atoms with van der Waals surface area (Å²) in [7, 11) is 0. The smallest absolute Gasteiger partial charge is 0.261 e. The van der Waals surface area contributed by atoms with Gasteiger partial charge in [0.2, 0.25) is 0 Å². The van der Waals surface area contributed by atoms with Crippen LogP contribution in [-0.4, -0.2) is 29.2 Å². The largest absolute Gasteiger partial charge is 0.270 e. The minimum atomic E-state index is -0.359. The zero-order valence-corrected chi connectivity index (χ0v) is 7.77. The lowest BCUT2D eigenvalue weighted by molar-refractivity contribution is 0.0672. The van der Waals surface area contributed by atoms with Gasteiger partial charge in [-0.2, -0.15) is 0 Å². The zero-order chi connectivity index (χ0) is 10.8. The molecule has 0 aromatic heterocycles. The third-order valence-electron chi connectivity index (χ3n) is 2.24. The van der Waals surface area contributed by atoms with Crippen molar-refractivity contribution < 1.29 is 14.4 Å². The fourth-order valence-corrected chi connectivity index (χ4v) is 1.53. The predicted molar refractivity (Wildman–Crippen MR) is 52.1 cm³/mol. The Kier molecular flexibility index (Phi) is 2.20. The Bertz CT molecular complexity index is 451. The van der Waals surface area contributed by atoms with Gasteiger partial charge in [0.1, 0.15) is 5.94 Å². The van der Waals surface area contributed by atoms with E-state index < -0.39 is 0 Å². The summed E-state index contributed by atoms with van der Waals surface area (Å²) < 4.78 is 0. The van der Waals surface area contributed by atoms with Gasteiger partial charge in [0.05, 0.1) is 17.7 Å². The minimum absolute atomic E-state index is 0.0180. The predicted octanol–water partition coefficient (Wildman–Crippen LogP) is 0.670. The monoisotopic (exact) mass is 201 g/mol. The number of imide groups is 1. The molecule has 4 nitrogen and oxygen atoms in total. The number of carbonyl (C=O) groups excluding carboxylic acids is 3. The first kappa shape index (κ1) is 9.37. The Morgan fingerprint density at radius 2 is 1.67 bits per heavy atom. The molecule has 0 saturated heterocycles. The molecule has 0 radical (unpaired) electrons. The van der Waals surface area contributed by atoms with E-state index in [9.17, 15) is 14.4 Å². The van der Waals surface area contributed by atoms with Gasteiger partial charge in [-0.25, -0.2) is 4.79 Å². The van der Waals surface area contributed by atoms with Gasteiger partial charge in [0.25, 0.3) is 11.8 Å². The molecular formula is C11H7NO3. The molecule has 1 aliphatic rings. The molecule has 1 heterocycles. The Labute approximate surface area is 85.8 Å². The van der Waals surface area contributed by atoms with Crippen LogP contribution in [0.1, 0.15) is 20.7 Å². The molecule has 1 aromatic carbocycles. The molecular weight excluding hydrogens is 194 g/mol. The molecule has 74 valence electrons. The normalized spacial score (nSPS) is 13.7. The maximum atomic E-state index is 11.7. The second-order valence-electron chi connectivity index (χ2n) is 3.09. The molecule has 2 amide bonds. The van der Waals surface area contributed by atoms with Crippen LogP contribution < -0.4 is 0 Å². The first-order chi connectivity index (χ1) is 7.25. The van der Waals surface area contributed by atoms with Crippen molar-refractivity contribution >= 4 is 17.8 Å². The fraction of sp³-hybridized carbons (Fsp3) is 0.0909. The second-order valence-corrected chi connectivity index (χ2v) is 3.09. The molecule has 0 unspecified atom stereocenters. The number of hydrogen-bond acceptors (Lipinski definition) is 3. The van der Waals surface area contributed by atoms with Gasteiger partial charge >= 0.3 is 0 Å². The van der Waals surface area contributed by atoms with Crippen molar-refractivity contribution in [1.82, 2.24) is 4.90 Å². The zero-order valence-electron chi connectivity index (χ0n) is 7.77. The second kappa shape index (κ2) is 3.52. The lowest BCUT2D eigenvalue weighted by Gasteiger charge is -2.08. The Morgan fingerprint density at radius 3 is 2.13 bits per heavy atom. The Hall–Kier alpha value is -2.19. The quantitative estimate of drug-likeness (QED) is 0.522. The van der Waals surface area contributed by atoms with Crippen LogP contribution in [0.15, 0.2) is 30.3 Å². The van der Waals surface area contributed by atoms with Crippen LogP contribution in [0.4, 0.5) is 0 Å². The highest BCUT2D eigenvalue weighted by atomic mass is 16.2. The van der Waals surface area contributed by atoms with E-state index in [0.717, 1.165) is 11.0 Å². The summed E-state index contributed by atoms with van der Waals surface area (Å²) in [6, 6.07) is 6.59. The summed E-state index contributed by atoms with van der Waals surface area (Å²) >= 11 is 0. The van der Waals surface area contributed by atoms with Crippen molar-refractivity contribution in [2.24, 2.45) is 0 Å². The van der Waals surface area contributed by atoms with E-state index >= 15 is 0 Å². The first-order valence-corrected chi connectivity index (χ1v) is 4.40. The Morgan fingerprint density at radius 1 is 1.13 bits per heavy atom. The minimum Gasteiger partial charge on any atom is -0.270 e. The van der Waals surface area contributed by atoms with Gasteiger partial charge in [0.15, 0.2) is 0 Å². The van der Waals surface area contributed by atoms with E-state index in [2.05, 4.69) is 0 Å². The summed E-state index contributed by atoms with van der Waals surface area (Å²) in [5, 5.41) is 0. The number of amides is 2. The molecule has 15 heavy (non-hydrogen) atoms. The molecule has 2 rings (SSSR count). The van der Waals surface area contributed by atoms with E-state index in [1.165, 1.54) is 0 Å². The SMILES string of the molecule is O=C=CCN1C(=O)c2ccccc2C1=O. The van der Waals surface area contributed by atoms with Gasteiger partial charge in [-0.1, -0.05) is 12.1 Å². The third kappa shape index (κ3) is 1.37. The Balaban J connectivity index is 2.41. The number of nitrogens with zero attached hydrogens (tertiary/aromatic N) is 1. The van der Waals surface area contributed by atoms with Crippen molar-refractivity contribution in [1.29, 1.82) is 0 Å². The van der Waals surface area contributed by atoms with E-state index in [0.29, 0.717) is 11.1 Å². The van der Waals surface area contributed by atoms with Gasteiger partial charge < -0.3 is 0 Å². The van der Waals surface area contributed by atoms with Crippen molar-refractivity contribution in [3.8, 4) is 0 Å². The lowest BCUT2D eigenvalue weighted by atomic mass is 10.1. The molecule has 4 heteroatoms. The standard InChI is InChI=1S/C11H7NO3/c13-7-3-6-12-10(14)8-4-1-2-5-9(8)11(12)15/h1-5H,6H2. The maximum Gasteiger partial charge on any atom is 0.261 e. The molecule has 1 aromatic rings. The number of fused-ring (bicyclic) bond motifs is 1. The van der Waals surface area contributed by atoms with Crippen LogP contribution in [-0.2, 0) is 4.79 Å². The van der Waals surface area contributed by atoms with Gasteiger partial charge in [-0.05, 0) is 12.1 Å². The molecule has 0 aliphatic carbocycles. The maximum absolute atomic E-state index is 11.7. The lowest BCUT2D eigenvalue weighted by Crippen LogP contribution is -2.29. The van der Waals surface area contributed by atoms with E-state index in [1.807, 2.05) is 0 Å². The van der Waals surface area contributed by atoms with Crippen LogP contribution in [0.3, 0.4) is 0 Å². The summed E-state index contributed by atoms with van der Waals surface area (Å²) in [5.74, 6) is 0.823. The van der Waals surface area contributed by atoms with Crippen LogP contribution in [0, 0.1) is 0 Å². The van der Waals surface area contributed by atoms with Crippen LogP contribution in [0.5, 0.6) is 0 Å². The first-order valence-electron chi connectivity index (χ1n) is 4.40. The number of benzene rings is 1. The summed E-state index contributed by atoms with van der Waals surface area (Å²) in [4.78, 5) is 34.4. The van der Waals surface area contributed by atoms with Crippen molar-refractivity contribution in [2.75, 3.05) is 6.54 Å². The highest BCUT2D eigenvalue weighted by Gasteiger charge is 2.34. The van der Waals surface area contributed by atoms with Crippen molar-refractivity contribution in [3.05, 3.63) is 41.5 Å². The summed E-state index contributed by atoms with van der Waals surface area (Å²) in [6.45, 7) is -0.0180. The van der Waals surface area contributed by atoms with Crippen molar-refractivity contribution in [2.45, 2.75) is 0 Å². The molecule has 0 fully saturated rings. The highest BCUT2D eigenvalue weighted by Crippen LogP contribution is 2.21. The van der Waals surface area contributed by atoms with Crippen molar-refractivity contribution in [3.63, 3.8) is 0 Å². The molecule has 0 N–H and O–H groups in total. The van der Waals surface area contributed by atoms with Crippen LogP contribution in [0.25, 0.3) is 0 Å². The average Bonchev–Trinajstić information content (AvgIpc) is 2.51. The van der Waals surface area contributed by atoms with Gasteiger partial charge in [0, 0.05) is 6.08 Å². The van der Waals surface area contributed by atoms with E-state index in [1.54, 1.807) is 30.2 Å². The fourth-order valence-electron chi connectivity index (χ4n) is 1.53. The van der Waals surface area contributed by atoms with Crippen LogP contribution >= 0.6 is 0 Å². The molecule has 0 saturated carbocycles. The molecule has 0 bridgehead atoms. The summed E-state index contributed by atoms with van der Waals surface area (Å²) in [5.41, 5.74) is 0.781. The van der Waals surface area contributed by atoms with E-state index in [4.69, 9.17) is 0 Å². The summed E-state index contributed by atoms with van der Waals surface area (Å²) in [6.07, 6.45) is 1.11. The van der Waals surface area contributed by atoms with E-state index in [-0.39, 0.29) is 18.4 Å². The number of carbonyl (C=O) groups is 2. The third-order valence-corrected chi connectivity index (χ3v) is 2.24.